The fourth-order valence-corrected chi connectivity index (χ4v) is 5.97. The summed E-state index contributed by atoms with van der Waals surface area (Å²) in [6.07, 6.45) is 1.71. The van der Waals surface area contributed by atoms with Crippen molar-refractivity contribution in [2.75, 3.05) is 5.75 Å². The van der Waals surface area contributed by atoms with Crippen LogP contribution >= 0.6 is 11.8 Å². The number of hydrogen-bond donors (Lipinski definition) is 1. The molecule has 2 rings (SSSR count). The summed E-state index contributed by atoms with van der Waals surface area (Å²) < 4.78 is 42.0. The van der Waals surface area contributed by atoms with E-state index in [1.165, 1.54) is 23.9 Å². The van der Waals surface area contributed by atoms with Gasteiger partial charge >= 0.3 is 0 Å². The van der Waals surface area contributed by atoms with Gasteiger partial charge in [0, 0.05) is 16.7 Å². The number of nitrogens with one attached hydrogen (secondary N) is 1. The van der Waals surface area contributed by atoms with Gasteiger partial charge < -0.3 is 0 Å². The minimum Gasteiger partial charge on any atom is -0.207 e. The minimum absolute atomic E-state index is 0.112. The van der Waals surface area contributed by atoms with Crippen LogP contribution in [0, 0.1) is 25.6 Å². The van der Waals surface area contributed by atoms with E-state index in [1.807, 2.05) is 26.0 Å². The number of benzene rings is 2. The highest BCUT2D eigenvalue weighted by molar-refractivity contribution is 7.99. The summed E-state index contributed by atoms with van der Waals surface area (Å²) in [7, 11) is -3.66. The topological polar surface area (TPSA) is 46.2 Å². The van der Waals surface area contributed by atoms with Crippen molar-refractivity contribution in [1.29, 1.82) is 0 Å². The molecule has 0 bridgehead atoms. The van der Waals surface area contributed by atoms with E-state index >= 15 is 0 Å². The Morgan fingerprint density at radius 2 is 1.70 bits per heavy atom. The molecular formula is C21H26FNO2S2. The lowest BCUT2D eigenvalue weighted by Crippen LogP contribution is -2.40. The molecule has 1 atom stereocenters. The first-order chi connectivity index (χ1) is 12.6. The van der Waals surface area contributed by atoms with E-state index in [-0.39, 0.29) is 17.8 Å². The SMILES string of the molecule is C=Cc1cc(C)c(S(=O)(=O)NC(CSc2ccc(F)cc2)C(C)C)c(C)c1. The number of thioether (sulfide) groups is 1. The largest absolute Gasteiger partial charge is 0.241 e. The summed E-state index contributed by atoms with van der Waals surface area (Å²) in [5, 5.41) is 0. The fourth-order valence-electron chi connectivity index (χ4n) is 2.86. The number of sulfonamides is 1. The molecule has 0 radical (unpaired) electrons. The highest BCUT2D eigenvalue weighted by atomic mass is 32.2. The first-order valence-electron chi connectivity index (χ1n) is 8.78. The van der Waals surface area contributed by atoms with Crippen molar-refractivity contribution in [3.63, 3.8) is 0 Å². The highest BCUT2D eigenvalue weighted by Gasteiger charge is 2.25. The van der Waals surface area contributed by atoms with Crippen molar-refractivity contribution in [3.05, 3.63) is 65.5 Å². The Morgan fingerprint density at radius 3 is 2.19 bits per heavy atom. The summed E-state index contributed by atoms with van der Waals surface area (Å²) >= 11 is 1.51. The molecule has 2 aromatic carbocycles. The predicted molar refractivity (Wildman–Crippen MR) is 112 cm³/mol. The normalized spacial score (nSPS) is 13.0. The highest BCUT2D eigenvalue weighted by Crippen LogP contribution is 2.25. The maximum atomic E-state index is 13.0. The third-order valence-electron chi connectivity index (χ3n) is 4.34. The van der Waals surface area contributed by atoms with Crippen molar-refractivity contribution in [1.82, 2.24) is 4.72 Å². The van der Waals surface area contributed by atoms with Crippen molar-refractivity contribution >= 4 is 27.9 Å². The molecule has 0 heterocycles. The average molecular weight is 408 g/mol. The standard InChI is InChI=1S/C21H26FNO2S2/c1-6-17-11-15(4)21(16(5)12-17)27(24,25)23-20(14(2)3)13-26-19-9-7-18(22)8-10-19/h6-12,14,20,23H,1,13H2,2-5H3. The maximum absolute atomic E-state index is 13.0. The smallest absolute Gasteiger partial charge is 0.207 e. The van der Waals surface area contributed by atoms with Crippen molar-refractivity contribution in [3.8, 4) is 0 Å². The number of halogens is 1. The molecular weight excluding hydrogens is 381 g/mol. The van der Waals surface area contributed by atoms with Crippen LogP contribution in [0.3, 0.4) is 0 Å². The van der Waals surface area contributed by atoms with Gasteiger partial charge in [-0.25, -0.2) is 17.5 Å². The van der Waals surface area contributed by atoms with Crippen LogP contribution in [0.4, 0.5) is 4.39 Å². The molecule has 1 unspecified atom stereocenters. The van der Waals surface area contributed by atoms with Gasteiger partial charge in [-0.15, -0.1) is 11.8 Å². The van der Waals surface area contributed by atoms with E-state index in [0.29, 0.717) is 21.8 Å². The van der Waals surface area contributed by atoms with Crippen LogP contribution < -0.4 is 4.72 Å². The second-order valence-corrected chi connectivity index (χ2v) is 9.67. The molecule has 3 nitrogen and oxygen atoms in total. The van der Waals surface area contributed by atoms with Gasteiger partial charge in [0.05, 0.1) is 4.90 Å². The van der Waals surface area contributed by atoms with Crippen molar-refractivity contribution < 1.29 is 12.8 Å². The molecule has 0 aliphatic rings. The lowest BCUT2D eigenvalue weighted by atomic mass is 10.1. The van der Waals surface area contributed by atoms with E-state index in [9.17, 15) is 12.8 Å². The zero-order chi connectivity index (χ0) is 20.2. The quantitative estimate of drug-likeness (QED) is 0.613. The van der Waals surface area contributed by atoms with Gasteiger partial charge in [0.2, 0.25) is 10.0 Å². The average Bonchev–Trinajstić information content (AvgIpc) is 2.58. The summed E-state index contributed by atoms with van der Waals surface area (Å²) in [5.41, 5.74) is 2.30. The Hall–Kier alpha value is -1.63. The zero-order valence-corrected chi connectivity index (χ0v) is 17.8. The summed E-state index contributed by atoms with van der Waals surface area (Å²) in [6, 6.07) is 9.62. The molecule has 146 valence electrons. The number of rotatable bonds is 8. The van der Waals surface area contributed by atoms with E-state index in [2.05, 4.69) is 11.3 Å². The molecule has 0 aromatic heterocycles. The van der Waals surface area contributed by atoms with E-state index < -0.39 is 10.0 Å². The Kier molecular flexibility index (Phi) is 7.25. The Morgan fingerprint density at radius 1 is 1.15 bits per heavy atom. The van der Waals surface area contributed by atoms with Crippen molar-refractivity contribution in [2.24, 2.45) is 5.92 Å². The first kappa shape index (κ1) is 21.7. The van der Waals surface area contributed by atoms with Gasteiger partial charge in [0.1, 0.15) is 5.82 Å². The van der Waals surface area contributed by atoms with Gasteiger partial charge in [-0.05, 0) is 60.7 Å². The molecule has 1 N–H and O–H groups in total. The van der Waals surface area contributed by atoms with Crippen LogP contribution in [0.25, 0.3) is 6.08 Å². The van der Waals surface area contributed by atoms with Gasteiger partial charge in [-0.3, -0.25) is 0 Å². The molecule has 2 aromatic rings. The maximum Gasteiger partial charge on any atom is 0.241 e. The van der Waals surface area contributed by atoms with Gasteiger partial charge in [0.25, 0.3) is 0 Å². The summed E-state index contributed by atoms with van der Waals surface area (Å²) in [4.78, 5) is 1.23. The predicted octanol–water partition coefficient (Wildman–Crippen LogP) is 5.18. The molecule has 0 saturated carbocycles. The second-order valence-electron chi connectivity index (χ2n) is 6.92. The lowest BCUT2D eigenvalue weighted by Gasteiger charge is -2.23. The molecule has 0 aliphatic heterocycles. The van der Waals surface area contributed by atoms with Crippen LogP contribution in [0.15, 0.2) is 52.8 Å². The van der Waals surface area contributed by atoms with E-state index in [1.54, 1.807) is 32.1 Å². The fraction of sp³-hybridized carbons (Fsp3) is 0.333. The van der Waals surface area contributed by atoms with Crippen LogP contribution in [-0.4, -0.2) is 20.2 Å². The van der Waals surface area contributed by atoms with Crippen LogP contribution in [-0.2, 0) is 10.0 Å². The van der Waals surface area contributed by atoms with Crippen LogP contribution in [0.2, 0.25) is 0 Å². The van der Waals surface area contributed by atoms with Gasteiger partial charge in [0.15, 0.2) is 0 Å². The molecule has 27 heavy (non-hydrogen) atoms. The lowest BCUT2D eigenvalue weighted by molar-refractivity contribution is 0.481. The number of aryl methyl sites for hydroxylation is 2. The summed E-state index contributed by atoms with van der Waals surface area (Å²) in [5.74, 6) is 0.390. The third kappa shape index (κ3) is 5.67. The van der Waals surface area contributed by atoms with Crippen LogP contribution in [0.1, 0.15) is 30.5 Å². The van der Waals surface area contributed by atoms with E-state index in [0.717, 1.165) is 10.5 Å². The summed E-state index contributed by atoms with van der Waals surface area (Å²) in [6.45, 7) is 11.3. The third-order valence-corrected chi connectivity index (χ3v) is 7.27. The Bertz CT molecular complexity index is 883. The van der Waals surface area contributed by atoms with E-state index in [4.69, 9.17) is 0 Å². The van der Waals surface area contributed by atoms with Crippen molar-refractivity contribution in [2.45, 2.75) is 43.5 Å². The molecule has 0 amide bonds. The van der Waals surface area contributed by atoms with Gasteiger partial charge in [-0.2, -0.15) is 0 Å². The minimum atomic E-state index is -3.66. The zero-order valence-electron chi connectivity index (χ0n) is 16.1. The first-order valence-corrected chi connectivity index (χ1v) is 11.3. The second kappa shape index (κ2) is 9.04. The Labute approximate surface area is 166 Å². The molecule has 0 saturated heterocycles. The molecule has 0 spiro atoms. The Balaban J connectivity index is 2.22. The molecule has 6 heteroatoms. The van der Waals surface area contributed by atoms with Gasteiger partial charge in [-0.1, -0.05) is 38.6 Å². The number of hydrogen-bond acceptors (Lipinski definition) is 3. The molecule has 0 aliphatic carbocycles. The van der Waals surface area contributed by atoms with Crippen LogP contribution in [0.5, 0.6) is 0 Å². The molecule has 0 fully saturated rings. The monoisotopic (exact) mass is 407 g/mol.